The van der Waals surface area contributed by atoms with Gasteiger partial charge in [0.25, 0.3) is 5.69 Å². The Balaban J connectivity index is 1.90. The zero-order chi connectivity index (χ0) is 16.5. The number of hydrogen-bond acceptors (Lipinski definition) is 5. The van der Waals surface area contributed by atoms with Crippen molar-refractivity contribution in [1.29, 1.82) is 0 Å². The molecule has 24 heavy (non-hydrogen) atoms. The topological polar surface area (TPSA) is 80.1 Å². The van der Waals surface area contributed by atoms with Gasteiger partial charge < -0.3 is 10.6 Å². The maximum Gasteiger partial charge on any atom is 0.271 e. The van der Waals surface area contributed by atoms with Gasteiger partial charge in [-0.05, 0) is 31.5 Å². The number of nitrogens with zero attached hydrogens (tertiary/aromatic N) is 2. The molecule has 2 heterocycles. The van der Waals surface area contributed by atoms with Crippen LogP contribution in [-0.2, 0) is 0 Å². The van der Waals surface area contributed by atoms with E-state index in [0.29, 0.717) is 11.6 Å². The van der Waals surface area contributed by atoms with Gasteiger partial charge in [0.1, 0.15) is 0 Å². The van der Waals surface area contributed by atoms with Gasteiger partial charge in [0, 0.05) is 35.5 Å². The zero-order valence-electron chi connectivity index (χ0n) is 13.2. The number of nitrogens with one attached hydrogen (secondary N) is 2. The van der Waals surface area contributed by atoms with Gasteiger partial charge in [-0.25, -0.2) is 4.98 Å². The Morgan fingerprint density at radius 2 is 2.00 bits per heavy atom. The van der Waals surface area contributed by atoms with Gasteiger partial charge in [0.15, 0.2) is 0 Å². The van der Waals surface area contributed by atoms with Gasteiger partial charge >= 0.3 is 0 Å². The van der Waals surface area contributed by atoms with Crippen molar-refractivity contribution in [3.8, 4) is 0 Å². The maximum atomic E-state index is 11.1. The summed E-state index contributed by atoms with van der Waals surface area (Å²) in [6.07, 6.45) is 2.25. The molecule has 1 aromatic heterocycles. The minimum absolute atomic E-state index is 0.0653. The number of anilines is 1. The molecule has 3 aromatic rings. The van der Waals surface area contributed by atoms with Crippen molar-refractivity contribution in [2.24, 2.45) is 0 Å². The highest BCUT2D eigenvalue weighted by molar-refractivity contribution is 6.07. The van der Waals surface area contributed by atoms with Gasteiger partial charge in [0.2, 0.25) is 0 Å². The molecule has 0 spiro atoms. The Labute approximate surface area is 139 Å². The van der Waals surface area contributed by atoms with E-state index in [9.17, 15) is 10.1 Å². The Hall–Kier alpha value is -2.73. The lowest BCUT2D eigenvalue weighted by atomic mass is 10.0. The number of nitro groups is 1. The van der Waals surface area contributed by atoms with Gasteiger partial charge in [-0.2, -0.15) is 0 Å². The highest BCUT2D eigenvalue weighted by atomic mass is 16.6. The van der Waals surface area contributed by atoms with Gasteiger partial charge in [-0.1, -0.05) is 18.2 Å². The fourth-order valence-corrected chi connectivity index (χ4v) is 3.33. The summed E-state index contributed by atoms with van der Waals surface area (Å²) in [6, 6.07) is 13.2. The SMILES string of the molecule is O=[N+]([O-])c1ccc2c(NC3CCCNC3)c3ccccc3nc2c1. The average Bonchev–Trinajstić information content (AvgIpc) is 2.62. The Bertz CT molecular complexity index is 919. The molecule has 1 aliphatic heterocycles. The van der Waals surface area contributed by atoms with Crippen LogP contribution in [0, 0.1) is 10.1 Å². The van der Waals surface area contributed by atoms with Crippen LogP contribution in [0.15, 0.2) is 42.5 Å². The summed E-state index contributed by atoms with van der Waals surface area (Å²) in [5, 5.41) is 20.1. The Kier molecular flexibility index (Phi) is 3.74. The fourth-order valence-electron chi connectivity index (χ4n) is 3.33. The molecule has 122 valence electrons. The predicted molar refractivity (Wildman–Crippen MR) is 95.4 cm³/mol. The van der Waals surface area contributed by atoms with E-state index in [-0.39, 0.29) is 10.6 Å². The van der Waals surface area contributed by atoms with Crippen LogP contribution in [0.3, 0.4) is 0 Å². The predicted octanol–water partition coefficient (Wildman–Crippen LogP) is 3.46. The number of hydrogen-bond donors (Lipinski definition) is 2. The van der Waals surface area contributed by atoms with Crippen LogP contribution in [0.4, 0.5) is 11.4 Å². The van der Waals surface area contributed by atoms with Crippen molar-refractivity contribution in [3.63, 3.8) is 0 Å². The van der Waals surface area contributed by atoms with E-state index in [1.54, 1.807) is 18.2 Å². The van der Waals surface area contributed by atoms with Crippen LogP contribution < -0.4 is 10.6 Å². The van der Waals surface area contributed by atoms with E-state index in [0.717, 1.165) is 47.9 Å². The molecule has 6 heteroatoms. The monoisotopic (exact) mass is 322 g/mol. The summed E-state index contributed by atoms with van der Waals surface area (Å²) in [5.74, 6) is 0. The van der Waals surface area contributed by atoms with E-state index < -0.39 is 0 Å². The first kappa shape index (κ1) is 14.8. The van der Waals surface area contributed by atoms with Crippen molar-refractivity contribution in [3.05, 3.63) is 52.6 Å². The average molecular weight is 322 g/mol. The summed E-state index contributed by atoms with van der Waals surface area (Å²) in [6.45, 7) is 1.98. The third kappa shape index (κ3) is 2.65. The number of benzene rings is 2. The number of rotatable bonds is 3. The molecular formula is C18H18N4O2. The second kappa shape index (κ2) is 6.05. The first-order chi connectivity index (χ1) is 11.7. The third-order valence-corrected chi connectivity index (χ3v) is 4.52. The minimum Gasteiger partial charge on any atom is -0.380 e. The fraction of sp³-hybridized carbons (Fsp3) is 0.278. The van der Waals surface area contributed by atoms with E-state index in [1.165, 1.54) is 0 Å². The molecule has 1 atom stereocenters. The van der Waals surface area contributed by atoms with Crippen molar-refractivity contribution >= 4 is 33.2 Å². The maximum absolute atomic E-state index is 11.1. The molecule has 1 aliphatic rings. The summed E-state index contributed by atoms with van der Waals surface area (Å²) in [5.41, 5.74) is 2.57. The van der Waals surface area contributed by atoms with E-state index in [1.807, 2.05) is 24.3 Å². The molecule has 0 radical (unpaired) electrons. The lowest BCUT2D eigenvalue weighted by molar-refractivity contribution is -0.384. The lowest BCUT2D eigenvalue weighted by Gasteiger charge is -2.26. The van der Waals surface area contributed by atoms with Gasteiger partial charge in [-0.15, -0.1) is 0 Å². The van der Waals surface area contributed by atoms with Crippen LogP contribution in [0.1, 0.15) is 12.8 Å². The quantitative estimate of drug-likeness (QED) is 0.438. The zero-order valence-corrected chi connectivity index (χ0v) is 13.2. The van der Waals surface area contributed by atoms with Gasteiger partial charge in [-0.3, -0.25) is 10.1 Å². The number of aromatic nitrogens is 1. The second-order valence-electron chi connectivity index (χ2n) is 6.15. The van der Waals surface area contributed by atoms with E-state index >= 15 is 0 Å². The molecule has 1 saturated heterocycles. The third-order valence-electron chi connectivity index (χ3n) is 4.52. The minimum atomic E-state index is -0.380. The molecule has 1 fully saturated rings. The molecule has 4 rings (SSSR count). The summed E-state index contributed by atoms with van der Waals surface area (Å²) < 4.78 is 0. The lowest BCUT2D eigenvalue weighted by Crippen LogP contribution is -2.38. The van der Waals surface area contributed by atoms with Crippen molar-refractivity contribution in [2.75, 3.05) is 18.4 Å². The first-order valence-electron chi connectivity index (χ1n) is 8.16. The van der Waals surface area contributed by atoms with Crippen LogP contribution >= 0.6 is 0 Å². The molecule has 1 unspecified atom stereocenters. The summed E-state index contributed by atoms with van der Waals surface area (Å²) in [7, 11) is 0. The van der Waals surface area contributed by atoms with Crippen LogP contribution in [0.5, 0.6) is 0 Å². The molecular weight excluding hydrogens is 304 g/mol. The largest absolute Gasteiger partial charge is 0.380 e. The molecule has 2 aromatic carbocycles. The number of pyridine rings is 1. The highest BCUT2D eigenvalue weighted by Gasteiger charge is 2.17. The second-order valence-corrected chi connectivity index (χ2v) is 6.15. The van der Waals surface area contributed by atoms with E-state index in [2.05, 4.69) is 15.6 Å². The number of nitro benzene ring substituents is 1. The van der Waals surface area contributed by atoms with Crippen LogP contribution in [0.25, 0.3) is 21.8 Å². The van der Waals surface area contributed by atoms with Crippen LogP contribution in [-0.4, -0.2) is 29.0 Å². The molecule has 0 saturated carbocycles. The van der Waals surface area contributed by atoms with E-state index in [4.69, 9.17) is 0 Å². The molecule has 2 N–H and O–H groups in total. The molecule has 0 aliphatic carbocycles. The number of non-ortho nitro benzene ring substituents is 1. The Morgan fingerprint density at radius 1 is 1.17 bits per heavy atom. The number of piperidine rings is 1. The van der Waals surface area contributed by atoms with Gasteiger partial charge in [0.05, 0.1) is 21.6 Å². The van der Waals surface area contributed by atoms with Crippen molar-refractivity contribution in [2.45, 2.75) is 18.9 Å². The Morgan fingerprint density at radius 3 is 2.79 bits per heavy atom. The summed E-state index contributed by atoms with van der Waals surface area (Å²) >= 11 is 0. The number of fused-ring (bicyclic) bond motifs is 2. The number of para-hydroxylation sites is 1. The first-order valence-corrected chi connectivity index (χ1v) is 8.16. The molecule has 6 nitrogen and oxygen atoms in total. The summed E-state index contributed by atoms with van der Waals surface area (Å²) in [4.78, 5) is 15.3. The highest BCUT2D eigenvalue weighted by Crippen LogP contribution is 2.33. The molecule has 0 amide bonds. The van der Waals surface area contributed by atoms with Crippen LogP contribution in [0.2, 0.25) is 0 Å². The van der Waals surface area contributed by atoms with Crippen molar-refractivity contribution < 1.29 is 4.92 Å². The normalized spacial score (nSPS) is 17.9. The smallest absolute Gasteiger partial charge is 0.271 e. The van der Waals surface area contributed by atoms with Crippen molar-refractivity contribution in [1.82, 2.24) is 10.3 Å². The molecule has 0 bridgehead atoms. The standard InChI is InChI=1S/C18H18N4O2/c23-22(24)13-7-8-15-17(10-13)21-16-6-2-1-5-14(16)18(15)20-12-4-3-9-19-11-12/h1-2,5-8,10,12,19H,3-4,9,11H2,(H,20,21).